The van der Waals surface area contributed by atoms with Crippen molar-refractivity contribution in [2.75, 3.05) is 4.90 Å². The van der Waals surface area contributed by atoms with Gasteiger partial charge in [0.25, 0.3) is 0 Å². The van der Waals surface area contributed by atoms with E-state index in [1.807, 2.05) is 56.3 Å². The minimum absolute atomic E-state index is 0.0800. The van der Waals surface area contributed by atoms with Crippen LogP contribution in [0, 0.1) is 11.3 Å². The first-order chi connectivity index (χ1) is 10.1. The van der Waals surface area contributed by atoms with Crippen LogP contribution >= 0.6 is 0 Å². The van der Waals surface area contributed by atoms with Crippen molar-refractivity contribution in [1.82, 2.24) is 0 Å². The molecule has 0 saturated carbocycles. The van der Waals surface area contributed by atoms with E-state index in [0.717, 1.165) is 16.8 Å². The maximum absolute atomic E-state index is 12.7. The monoisotopic (exact) mass is 276 g/mol. The number of hydrogen-bond acceptors (Lipinski definition) is 2. The predicted molar refractivity (Wildman–Crippen MR) is 81.8 cm³/mol. The van der Waals surface area contributed by atoms with Gasteiger partial charge in [-0.05, 0) is 37.1 Å². The highest BCUT2D eigenvalue weighted by atomic mass is 16.2. The molecule has 0 fully saturated rings. The lowest BCUT2D eigenvalue weighted by Gasteiger charge is -2.21. The van der Waals surface area contributed by atoms with Crippen molar-refractivity contribution >= 4 is 11.6 Å². The minimum Gasteiger partial charge on any atom is -0.307 e. The summed E-state index contributed by atoms with van der Waals surface area (Å²) < 4.78 is 0. The number of nitrogens with zero attached hydrogens (tertiary/aromatic N) is 2. The molecule has 0 atom stereocenters. The van der Waals surface area contributed by atoms with Crippen molar-refractivity contribution in [2.24, 2.45) is 0 Å². The molecule has 3 rings (SSSR count). The molecule has 1 aliphatic heterocycles. The smallest absolute Gasteiger partial charge is 0.237 e. The van der Waals surface area contributed by atoms with E-state index in [0.29, 0.717) is 12.1 Å². The van der Waals surface area contributed by atoms with Crippen LogP contribution in [0.4, 0.5) is 5.69 Å². The number of nitriles is 1. The van der Waals surface area contributed by atoms with Gasteiger partial charge < -0.3 is 4.90 Å². The SMILES string of the molecule is CC1(C)C(=O)N(Cc2ccccc2C#N)c2ccccc21. The minimum atomic E-state index is -0.516. The first-order valence-electron chi connectivity index (χ1n) is 6.95. The van der Waals surface area contributed by atoms with Crippen molar-refractivity contribution in [2.45, 2.75) is 25.8 Å². The van der Waals surface area contributed by atoms with E-state index in [2.05, 4.69) is 6.07 Å². The highest BCUT2D eigenvalue weighted by Crippen LogP contribution is 2.42. The zero-order valence-corrected chi connectivity index (χ0v) is 12.1. The van der Waals surface area contributed by atoms with Gasteiger partial charge in [-0.15, -0.1) is 0 Å². The van der Waals surface area contributed by atoms with Crippen molar-refractivity contribution in [3.63, 3.8) is 0 Å². The molecule has 1 heterocycles. The molecule has 0 bridgehead atoms. The van der Waals surface area contributed by atoms with Gasteiger partial charge in [-0.3, -0.25) is 4.79 Å². The molecule has 0 aromatic heterocycles. The number of benzene rings is 2. The summed E-state index contributed by atoms with van der Waals surface area (Å²) in [6, 6.07) is 17.5. The molecule has 3 heteroatoms. The van der Waals surface area contributed by atoms with Gasteiger partial charge in [-0.1, -0.05) is 36.4 Å². The fourth-order valence-electron chi connectivity index (χ4n) is 2.89. The van der Waals surface area contributed by atoms with Crippen LogP contribution in [0.2, 0.25) is 0 Å². The Morgan fingerprint density at radius 2 is 1.76 bits per heavy atom. The van der Waals surface area contributed by atoms with E-state index in [-0.39, 0.29) is 5.91 Å². The van der Waals surface area contributed by atoms with Gasteiger partial charge in [-0.25, -0.2) is 0 Å². The summed E-state index contributed by atoms with van der Waals surface area (Å²) in [4.78, 5) is 14.5. The fourth-order valence-corrected chi connectivity index (χ4v) is 2.89. The van der Waals surface area contributed by atoms with E-state index in [1.165, 1.54) is 0 Å². The molecule has 0 unspecified atom stereocenters. The zero-order valence-electron chi connectivity index (χ0n) is 12.1. The summed E-state index contributed by atoms with van der Waals surface area (Å²) in [6.07, 6.45) is 0. The molecule has 0 radical (unpaired) electrons. The Labute approximate surface area is 124 Å². The van der Waals surface area contributed by atoms with Gasteiger partial charge >= 0.3 is 0 Å². The van der Waals surface area contributed by atoms with E-state index in [1.54, 1.807) is 11.0 Å². The van der Waals surface area contributed by atoms with Crippen LogP contribution in [-0.2, 0) is 16.8 Å². The summed E-state index contributed by atoms with van der Waals surface area (Å²) in [5.41, 5.74) is 2.97. The molecule has 0 spiro atoms. The number of anilines is 1. The lowest BCUT2D eigenvalue weighted by molar-refractivity contribution is -0.122. The molecule has 2 aromatic carbocycles. The molecule has 104 valence electrons. The second-order valence-corrected chi connectivity index (χ2v) is 5.80. The summed E-state index contributed by atoms with van der Waals surface area (Å²) in [7, 11) is 0. The molecular weight excluding hydrogens is 260 g/mol. The number of para-hydroxylation sites is 1. The summed E-state index contributed by atoms with van der Waals surface area (Å²) in [5.74, 6) is 0.0800. The highest BCUT2D eigenvalue weighted by Gasteiger charge is 2.43. The molecule has 0 N–H and O–H groups in total. The molecular formula is C18H16N2O. The second-order valence-electron chi connectivity index (χ2n) is 5.80. The fraction of sp³-hybridized carbons (Fsp3) is 0.222. The Morgan fingerprint density at radius 1 is 1.10 bits per heavy atom. The highest BCUT2D eigenvalue weighted by molar-refractivity contribution is 6.07. The molecule has 21 heavy (non-hydrogen) atoms. The number of carbonyl (C=O) groups is 1. The van der Waals surface area contributed by atoms with E-state index < -0.39 is 5.41 Å². The quantitative estimate of drug-likeness (QED) is 0.844. The molecule has 1 amide bonds. The molecule has 1 aliphatic rings. The lowest BCUT2D eigenvalue weighted by atomic mass is 9.86. The number of hydrogen-bond donors (Lipinski definition) is 0. The third-order valence-electron chi connectivity index (χ3n) is 4.11. The Kier molecular flexibility index (Phi) is 3.03. The number of amides is 1. The molecule has 3 nitrogen and oxygen atoms in total. The van der Waals surface area contributed by atoms with Gasteiger partial charge in [-0.2, -0.15) is 5.26 Å². The maximum atomic E-state index is 12.7. The number of carbonyl (C=O) groups excluding carboxylic acids is 1. The lowest BCUT2D eigenvalue weighted by Crippen LogP contribution is -2.35. The average molecular weight is 276 g/mol. The molecule has 0 saturated heterocycles. The topological polar surface area (TPSA) is 44.1 Å². The second kappa shape index (κ2) is 4.75. The van der Waals surface area contributed by atoms with Crippen molar-refractivity contribution < 1.29 is 4.79 Å². The molecule has 0 aliphatic carbocycles. The van der Waals surface area contributed by atoms with Gasteiger partial charge in [0.2, 0.25) is 5.91 Å². The first-order valence-corrected chi connectivity index (χ1v) is 6.95. The Hall–Kier alpha value is -2.60. The standard InChI is InChI=1S/C18H16N2O/c1-18(2)15-9-5-6-10-16(15)20(17(18)21)12-14-8-4-3-7-13(14)11-19/h3-10H,12H2,1-2H3. The van der Waals surface area contributed by atoms with Crippen molar-refractivity contribution in [1.29, 1.82) is 5.26 Å². The van der Waals surface area contributed by atoms with Gasteiger partial charge in [0.1, 0.15) is 0 Å². The average Bonchev–Trinajstić information content (AvgIpc) is 2.69. The van der Waals surface area contributed by atoms with Gasteiger partial charge in [0.15, 0.2) is 0 Å². The van der Waals surface area contributed by atoms with Crippen LogP contribution in [-0.4, -0.2) is 5.91 Å². The normalized spacial score (nSPS) is 15.7. The first kappa shape index (κ1) is 13.4. The number of rotatable bonds is 2. The molecule has 2 aromatic rings. The van der Waals surface area contributed by atoms with Crippen LogP contribution in [0.1, 0.15) is 30.5 Å². The Balaban J connectivity index is 2.05. The Morgan fingerprint density at radius 3 is 2.52 bits per heavy atom. The summed E-state index contributed by atoms with van der Waals surface area (Å²) >= 11 is 0. The van der Waals surface area contributed by atoms with E-state index >= 15 is 0 Å². The van der Waals surface area contributed by atoms with Crippen LogP contribution in [0.15, 0.2) is 48.5 Å². The van der Waals surface area contributed by atoms with Crippen molar-refractivity contribution in [3.8, 4) is 6.07 Å². The van der Waals surface area contributed by atoms with Crippen LogP contribution < -0.4 is 4.90 Å². The predicted octanol–water partition coefficient (Wildman–Crippen LogP) is 3.38. The third kappa shape index (κ3) is 2.00. The van der Waals surface area contributed by atoms with E-state index in [4.69, 9.17) is 0 Å². The largest absolute Gasteiger partial charge is 0.307 e. The number of fused-ring (bicyclic) bond motifs is 1. The zero-order chi connectivity index (χ0) is 15.0. The van der Waals surface area contributed by atoms with E-state index in [9.17, 15) is 10.1 Å². The van der Waals surface area contributed by atoms with Crippen LogP contribution in [0.3, 0.4) is 0 Å². The summed E-state index contributed by atoms with van der Waals surface area (Å²) in [6.45, 7) is 4.33. The summed E-state index contributed by atoms with van der Waals surface area (Å²) in [5, 5.41) is 9.20. The van der Waals surface area contributed by atoms with Gasteiger partial charge in [0, 0.05) is 5.69 Å². The van der Waals surface area contributed by atoms with Crippen molar-refractivity contribution in [3.05, 3.63) is 65.2 Å². The third-order valence-corrected chi connectivity index (χ3v) is 4.11. The maximum Gasteiger partial charge on any atom is 0.237 e. The van der Waals surface area contributed by atoms with Gasteiger partial charge in [0.05, 0.1) is 23.6 Å². The van der Waals surface area contributed by atoms with Crippen LogP contribution in [0.5, 0.6) is 0 Å². The Bertz CT molecular complexity index is 756. The van der Waals surface area contributed by atoms with Crippen LogP contribution in [0.25, 0.3) is 0 Å².